The lowest BCUT2D eigenvalue weighted by Gasteiger charge is -2.25. The molecule has 0 aromatic carbocycles. The molecule has 0 aliphatic heterocycles. The minimum atomic E-state index is 0.489. The summed E-state index contributed by atoms with van der Waals surface area (Å²) in [6.07, 6.45) is 9.62. The van der Waals surface area contributed by atoms with Crippen molar-refractivity contribution in [3.05, 3.63) is 0 Å². The Labute approximate surface area is 107 Å². The summed E-state index contributed by atoms with van der Waals surface area (Å²) in [5.74, 6) is 0. The van der Waals surface area contributed by atoms with Gasteiger partial charge in [0.25, 0.3) is 0 Å². The topological polar surface area (TPSA) is 18.5 Å². The molecule has 0 bridgehead atoms. The number of hydrogen-bond acceptors (Lipinski definition) is 2. The van der Waals surface area contributed by atoms with Crippen molar-refractivity contribution in [1.82, 2.24) is 0 Å². The van der Waals surface area contributed by atoms with Gasteiger partial charge in [-0.05, 0) is 19.3 Å². The van der Waals surface area contributed by atoms with Gasteiger partial charge in [-0.15, -0.1) is 0 Å². The second-order valence-corrected chi connectivity index (χ2v) is 5.86. The first-order chi connectivity index (χ1) is 7.34. The maximum atomic E-state index is 5.95. The molecule has 0 aromatic rings. The molecule has 90 valence electrons. The van der Waals surface area contributed by atoms with Crippen molar-refractivity contribution in [2.24, 2.45) is 0 Å². The molecule has 1 aliphatic rings. The number of halogens is 1. The van der Waals surface area contributed by atoms with Gasteiger partial charge in [0, 0.05) is 24.2 Å². The molecule has 2 atom stereocenters. The van der Waals surface area contributed by atoms with Crippen molar-refractivity contribution >= 4 is 22.6 Å². The van der Waals surface area contributed by atoms with Gasteiger partial charge in [-0.25, -0.2) is 0 Å². The molecule has 1 saturated carbocycles. The van der Waals surface area contributed by atoms with E-state index < -0.39 is 0 Å². The fourth-order valence-electron chi connectivity index (χ4n) is 2.03. The van der Waals surface area contributed by atoms with Gasteiger partial charge in [0.05, 0.1) is 6.10 Å². The van der Waals surface area contributed by atoms with E-state index in [1.165, 1.54) is 38.5 Å². The predicted molar refractivity (Wildman–Crippen MR) is 71.7 cm³/mol. The van der Waals surface area contributed by atoms with Crippen LogP contribution in [0.1, 0.15) is 44.9 Å². The maximum Gasteiger partial charge on any atom is 0.0692 e. The van der Waals surface area contributed by atoms with Gasteiger partial charge in [0.2, 0.25) is 0 Å². The largest absolute Gasteiger partial charge is 0.385 e. The predicted octanol–water partition coefficient (Wildman–Crippen LogP) is 3.57. The van der Waals surface area contributed by atoms with Crippen LogP contribution in [-0.4, -0.2) is 30.4 Å². The van der Waals surface area contributed by atoms with Crippen molar-refractivity contribution in [1.29, 1.82) is 0 Å². The van der Waals surface area contributed by atoms with Crippen LogP contribution in [0.5, 0.6) is 0 Å². The Morgan fingerprint density at radius 2 is 1.80 bits per heavy atom. The van der Waals surface area contributed by atoms with Crippen LogP contribution in [0.15, 0.2) is 0 Å². The fourth-order valence-corrected chi connectivity index (χ4v) is 3.04. The summed E-state index contributed by atoms with van der Waals surface area (Å²) in [4.78, 5) is 0. The Bertz CT molecular complexity index is 153. The lowest BCUT2D eigenvalue weighted by atomic mass is 9.98. The molecular formula is C12H23IO2. The molecule has 0 heterocycles. The maximum absolute atomic E-state index is 5.95. The zero-order valence-electron chi connectivity index (χ0n) is 9.71. The molecule has 0 spiro atoms. The van der Waals surface area contributed by atoms with Gasteiger partial charge in [-0.2, -0.15) is 0 Å². The molecule has 0 amide bonds. The Kier molecular flexibility index (Phi) is 8.01. The van der Waals surface area contributed by atoms with Crippen molar-refractivity contribution in [2.45, 2.75) is 55.0 Å². The van der Waals surface area contributed by atoms with Crippen LogP contribution < -0.4 is 0 Å². The van der Waals surface area contributed by atoms with Gasteiger partial charge < -0.3 is 9.47 Å². The normalized spacial score (nSPS) is 28.4. The van der Waals surface area contributed by atoms with Crippen molar-refractivity contribution < 1.29 is 9.47 Å². The Balaban J connectivity index is 2.17. The molecule has 15 heavy (non-hydrogen) atoms. The van der Waals surface area contributed by atoms with Gasteiger partial charge in [-0.1, -0.05) is 48.3 Å². The van der Waals surface area contributed by atoms with Gasteiger partial charge in [0.15, 0.2) is 0 Å². The molecular weight excluding hydrogens is 303 g/mol. The van der Waals surface area contributed by atoms with Crippen LogP contribution >= 0.6 is 22.6 Å². The number of ether oxygens (including phenoxy) is 2. The molecule has 0 radical (unpaired) electrons. The van der Waals surface area contributed by atoms with E-state index in [4.69, 9.17) is 9.47 Å². The quantitative estimate of drug-likeness (QED) is 0.437. The minimum Gasteiger partial charge on any atom is -0.385 e. The number of alkyl halides is 1. The molecule has 0 saturated heterocycles. The second-order valence-electron chi connectivity index (χ2n) is 4.26. The van der Waals surface area contributed by atoms with Gasteiger partial charge in [-0.3, -0.25) is 0 Å². The third kappa shape index (κ3) is 6.07. The zero-order chi connectivity index (χ0) is 10.9. The van der Waals surface area contributed by atoms with Gasteiger partial charge in [0.1, 0.15) is 0 Å². The zero-order valence-corrected chi connectivity index (χ0v) is 11.9. The second kappa shape index (κ2) is 8.76. The summed E-state index contributed by atoms with van der Waals surface area (Å²) in [7, 11) is 1.75. The average molecular weight is 326 g/mol. The Morgan fingerprint density at radius 1 is 1.07 bits per heavy atom. The summed E-state index contributed by atoms with van der Waals surface area (Å²) < 4.78 is 11.7. The van der Waals surface area contributed by atoms with Crippen molar-refractivity contribution in [3.8, 4) is 0 Å². The Morgan fingerprint density at radius 3 is 2.53 bits per heavy atom. The van der Waals surface area contributed by atoms with E-state index in [-0.39, 0.29) is 0 Å². The van der Waals surface area contributed by atoms with E-state index in [0.29, 0.717) is 10.0 Å². The summed E-state index contributed by atoms with van der Waals surface area (Å²) in [6.45, 7) is 1.68. The van der Waals surface area contributed by atoms with E-state index >= 15 is 0 Å². The lowest BCUT2D eigenvalue weighted by molar-refractivity contribution is 0.0309. The molecule has 1 fully saturated rings. The average Bonchev–Trinajstić information content (AvgIpc) is 2.22. The van der Waals surface area contributed by atoms with E-state index in [1.807, 2.05) is 0 Å². The summed E-state index contributed by atoms with van der Waals surface area (Å²) >= 11 is 2.57. The van der Waals surface area contributed by atoms with Crippen molar-refractivity contribution in [2.75, 3.05) is 20.3 Å². The third-order valence-corrected chi connectivity index (χ3v) is 4.37. The number of hydrogen-bond donors (Lipinski definition) is 0. The highest BCUT2D eigenvalue weighted by molar-refractivity contribution is 14.1. The molecule has 3 heteroatoms. The molecule has 1 rings (SSSR count). The summed E-state index contributed by atoms with van der Waals surface area (Å²) in [6, 6.07) is 0. The molecule has 0 aromatic heterocycles. The SMILES string of the molecule is COCCCOC1CCCCCCC1I. The molecule has 2 nitrogen and oxygen atoms in total. The molecule has 0 N–H and O–H groups in total. The minimum absolute atomic E-state index is 0.489. The summed E-state index contributed by atoms with van der Waals surface area (Å²) in [5.41, 5.74) is 0. The molecule has 2 unspecified atom stereocenters. The highest BCUT2D eigenvalue weighted by atomic mass is 127. The number of rotatable bonds is 5. The van der Waals surface area contributed by atoms with Crippen LogP contribution in [0.3, 0.4) is 0 Å². The Hall–Kier alpha value is 0.650. The highest BCUT2D eigenvalue weighted by Gasteiger charge is 2.20. The van der Waals surface area contributed by atoms with E-state index in [9.17, 15) is 0 Å². The van der Waals surface area contributed by atoms with Gasteiger partial charge >= 0.3 is 0 Å². The smallest absolute Gasteiger partial charge is 0.0692 e. The van der Waals surface area contributed by atoms with Crippen LogP contribution in [0.25, 0.3) is 0 Å². The monoisotopic (exact) mass is 326 g/mol. The molecule has 1 aliphatic carbocycles. The van der Waals surface area contributed by atoms with Crippen LogP contribution in [-0.2, 0) is 9.47 Å². The standard InChI is InChI=1S/C12H23IO2/c1-14-9-6-10-15-12-8-5-3-2-4-7-11(12)13/h11-12H,2-10H2,1H3. The first-order valence-corrected chi connectivity index (χ1v) is 7.33. The van der Waals surface area contributed by atoms with Crippen LogP contribution in [0, 0.1) is 0 Å². The van der Waals surface area contributed by atoms with Crippen molar-refractivity contribution in [3.63, 3.8) is 0 Å². The van der Waals surface area contributed by atoms with E-state index in [2.05, 4.69) is 22.6 Å². The first kappa shape index (κ1) is 13.7. The third-order valence-electron chi connectivity index (χ3n) is 2.95. The highest BCUT2D eigenvalue weighted by Crippen LogP contribution is 2.25. The van der Waals surface area contributed by atoms with Crippen LogP contribution in [0.4, 0.5) is 0 Å². The fraction of sp³-hybridized carbons (Fsp3) is 1.00. The first-order valence-electron chi connectivity index (χ1n) is 6.09. The van der Waals surface area contributed by atoms with E-state index in [0.717, 1.165) is 19.6 Å². The van der Waals surface area contributed by atoms with Crippen LogP contribution in [0.2, 0.25) is 0 Å². The number of methoxy groups -OCH3 is 1. The lowest BCUT2D eigenvalue weighted by Crippen LogP contribution is -2.26. The summed E-state index contributed by atoms with van der Waals surface area (Å²) in [5, 5.41) is 0. The van der Waals surface area contributed by atoms with E-state index in [1.54, 1.807) is 7.11 Å².